The number of rotatable bonds is 7. The Morgan fingerprint density at radius 3 is 2.45 bits per heavy atom. The third-order valence-electron chi connectivity index (χ3n) is 4.13. The second kappa shape index (κ2) is 9.48. The monoisotopic (exact) mass is 468 g/mol. The first-order chi connectivity index (χ1) is 14.6. The summed E-state index contributed by atoms with van der Waals surface area (Å²) in [4.78, 5) is 31.2. The number of carbonyl (C=O) groups is 2. The number of thiazole rings is 1. The molecule has 0 unspecified atom stereocenters. The predicted molar refractivity (Wildman–Crippen MR) is 117 cm³/mol. The normalized spacial score (nSPS) is 11.3. The van der Waals surface area contributed by atoms with E-state index in [1.54, 1.807) is 24.4 Å². The molecule has 2 heterocycles. The Morgan fingerprint density at radius 2 is 1.81 bits per heavy atom. The SMILES string of the molecule is CN(C)c1ccc(C(F)(F)F)cc1NC(=O)Cc1csc(NC(=O)Cc2cccs2)n1. The molecule has 1 aromatic carbocycles. The Bertz CT molecular complexity index is 1060. The number of hydrogen-bond donors (Lipinski definition) is 2. The molecule has 0 aliphatic heterocycles. The molecular weight excluding hydrogens is 449 g/mol. The van der Waals surface area contributed by atoms with Crippen LogP contribution < -0.4 is 15.5 Å². The van der Waals surface area contributed by atoms with E-state index >= 15 is 0 Å². The maximum absolute atomic E-state index is 13.0. The summed E-state index contributed by atoms with van der Waals surface area (Å²) >= 11 is 2.65. The maximum atomic E-state index is 13.0. The van der Waals surface area contributed by atoms with Crippen molar-refractivity contribution in [2.24, 2.45) is 0 Å². The third-order valence-corrected chi connectivity index (χ3v) is 5.82. The van der Waals surface area contributed by atoms with Crippen molar-refractivity contribution in [2.75, 3.05) is 29.6 Å². The summed E-state index contributed by atoms with van der Waals surface area (Å²) in [6, 6.07) is 6.90. The summed E-state index contributed by atoms with van der Waals surface area (Å²) in [6.45, 7) is 0. The first-order valence-electron chi connectivity index (χ1n) is 9.07. The zero-order chi connectivity index (χ0) is 22.6. The van der Waals surface area contributed by atoms with E-state index in [0.717, 1.165) is 17.0 Å². The van der Waals surface area contributed by atoms with Crippen LogP contribution in [-0.2, 0) is 28.6 Å². The zero-order valence-electron chi connectivity index (χ0n) is 16.6. The molecule has 0 fully saturated rings. The molecule has 0 aliphatic rings. The molecule has 0 saturated carbocycles. The molecule has 6 nitrogen and oxygen atoms in total. The average molecular weight is 469 g/mol. The van der Waals surface area contributed by atoms with Gasteiger partial charge in [0.2, 0.25) is 11.8 Å². The van der Waals surface area contributed by atoms with Gasteiger partial charge in [-0.3, -0.25) is 9.59 Å². The van der Waals surface area contributed by atoms with Crippen molar-refractivity contribution in [3.63, 3.8) is 0 Å². The van der Waals surface area contributed by atoms with E-state index in [9.17, 15) is 22.8 Å². The van der Waals surface area contributed by atoms with Crippen LogP contribution in [0.4, 0.5) is 29.7 Å². The third kappa shape index (κ3) is 6.28. The Hall–Kier alpha value is -2.92. The Morgan fingerprint density at radius 1 is 1.06 bits per heavy atom. The largest absolute Gasteiger partial charge is 0.416 e. The quantitative estimate of drug-likeness (QED) is 0.529. The summed E-state index contributed by atoms with van der Waals surface area (Å²) in [5.74, 6) is -0.725. The van der Waals surface area contributed by atoms with Crippen molar-refractivity contribution < 1.29 is 22.8 Å². The fourth-order valence-electron chi connectivity index (χ4n) is 2.74. The topological polar surface area (TPSA) is 74.3 Å². The van der Waals surface area contributed by atoms with E-state index in [-0.39, 0.29) is 24.4 Å². The molecule has 0 radical (unpaired) electrons. The molecule has 11 heteroatoms. The number of aromatic nitrogens is 1. The fourth-order valence-corrected chi connectivity index (χ4v) is 4.17. The molecule has 3 rings (SSSR count). The number of benzene rings is 1. The highest BCUT2D eigenvalue weighted by Gasteiger charge is 2.31. The minimum atomic E-state index is -4.52. The molecule has 0 bridgehead atoms. The highest BCUT2D eigenvalue weighted by atomic mass is 32.1. The molecule has 164 valence electrons. The van der Waals surface area contributed by atoms with Crippen LogP contribution >= 0.6 is 22.7 Å². The van der Waals surface area contributed by atoms with Gasteiger partial charge in [0.1, 0.15) is 0 Å². The molecule has 31 heavy (non-hydrogen) atoms. The van der Waals surface area contributed by atoms with Gasteiger partial charge < -0.3 is 15.5 Å². The minimum Gasteiger partial charge on any atom is -0.376 e. The van der Waals surface area contributed by atoms with Gasteiger partial charge in [-0.1, -0.05) is 6.07 Å². The second-order valence-corrected chi connectivity index (χ2v) is 8.69. The highest BCUT2D eigenvalue weighted by molar-refractivity contribution is 7.14. The molecule has 0 spiro atoms. The van der Waals surface area contributed by atoms with Crippen molar-refractivity contribution in [1.82, 2.24) is 4.98 Å². The Balaban J connectivity index is 1.64. The van der Waals surface area contributed by atoms with Crippen LogP contribution in [0.15, 0.2) is 41.1 Å². The summed E-state index contributed by atoms with van der Waals surface area (Å²) in [6.07, 6.45) is -4.42. The van der Waals surface area contributed by atoms with Gasteiger partial charge in [0.25, 0.3) is 0 Å². The van der Waals surface area contributed by atoms with Gasteiger partial charge in [0, 0.05) is 24.4 Å². The van der Waals surface area contributed by atoms with Crippen LogP contribution in [0.25, 0.3) is 0 Å². The molecule has 2 aromatic heterocycles. The smallest absolute Gasteiger partial charge is 0.376 e. The lowest BCUT2D eigenvalue weighted by molar-refractivity contribution is -0.137. The number of carbonyl (C=O) groups excluding carboxylic acids is 2. The highest BCUT2D eigenvalue weighted by Crippen LogP contribution is 2.35. The number of anilines is 3. The Labute approximate surface area is 184 Å². The van der Waals surface area contributed by atoms with Gasteiger partial charge in [-0.2, -0.15) is 13.2 Å². The molecule has 2 amide bonds. The molecule has 0 aliphatic carbocycles. The van der Waals surface area contributed by atoms with Crippen LogP contribution in [0.2, 0.25) is 0 Å². The second-order valence-electron chi connectivity index (χ2n) is 6.80. The lowest BCUT2D eigenvalue weighted by Crippen LogP contribution is -2.19. The van der Waals surface area contributed by atoms with Crippen molar-refractivity contribution >= 4 is 51.0 Å². The fraction of sp³-hybridized carbons (Fsp3) is 0.250. The summed E-state index contributed by atoms with van der Waals surface area (Å²) in [5.41, 5.74) is 0.0655. The van der Waals surface area contributed by atoms with Gasteiger partial charge >= 0.3 is 6.18 Å². The van der Waals surface area contributed by atoms with Crippen LogP contribution in [0.3, 0.4) is 0 Å². The number of halogens is 3. The number of alkyl halides is 3. The average Bonchev–Trinajstić information content (AvgIpc) is 3.32. The molecular formula is C20H19F3N4O2S2. The van der Waals surface area contributed by atoms with Crippen molar-refractivity contribution in [2.45, 2.75) is 19.0 Å². The Kier molecular flexibility index (Phi) is 6.96. The van der Waals surface area contributed by atoms with E-state index in [0.29, 0.717) is 16.5 Å². The number of nitrogens with one attached hydrogen (secondary N) is 2. The van der Waals surface area contributed by atoms with Gasteiger partial charge in [-0.15, -0.1) is 22.7 Å². The van der Waals surface area contributed by atoms with E-state index < -0.39 is 17.6 Å². The predicted octanol–water partition coefficient (Wildman–Crippen LogP) is 4.65. The van der Waals surface area contributed by atoms with E-state index in [1.165, 1.54) is 28.7 Å². The minimum absolute atomic E-state index is 0.0597. The molecule has 3 aromatic rings. The molecule has 0 atom stereocenters. The van der Waals surface area contributed by atoms with E-state index in [2.05, 4.69) is 15.6 Å². The van der Waals surface area contributed by atoms with Crippen LogP contribution in [-0.4, -0.2) is 30.9 Å². The van der Waals surface area contributed by atoms with Gasteiger partial charge in [-0.25, -0.2) is 4.98 Å². The standard InChI is InChI=1S/C20H19F3N4O2S2/c1-27(2)16-6-5-12(20(21,22)23)8-15(16)25-17(28)9-13-11-31-19(24-13)26-18(29)10-14-4-3-7-30-14/h3-8,11H,9-10H2,1-2H3,(H,25,28)(H,24,26,29). The number of amides is 2. The van der Waals surface area contributed by atoms with E-state index in [4.69, 9.17) is 0 Å². The van der Waals surface area contributed by atoms with Gasteiger partial charge in [0.15, 0.2) is 5.13 Å². The summed E-state index contributed by atoms with van der Waals surface area (Å²) < 4.78 is 39.1. The van der Waals surface area contributed by atoms with E-state index in [1.807, 2.05) is 17.5 Å². The van der Waals surface area contributed by atoms with Gasteiger partial charge in [-0.05, 0) is 29.6 Å². The summed E-state index contributed by atoms with van der Waals surface area (Å²) in [7, 11) is 3.34. The van der Waals surface area contributed by atoms with Crippen LogP contribution in [0, 0.1) is 0 Å². The zero-order valence-corrected chi connectivity index (χ0v) is 18.2. The lowest BCUT2D eigenvalue weighted by Gasteiger charge is -2.19. The van der Waals surface area contributed by atoms with Crippen LogP contribution in [0.5, 0.6) is 0 Å². The first kappa shape index (κ1) is 22.8. The van der Waals surface area contributed by atoms with Crippen molar-refractivity contribution in [1.29, 1.82) is 0 Å². The maximum Gasteiger partial charge on any atom is 0.416 e. The lowest BCUT2D eigenvalue weighted by atomic mass is 10.1. The van der Waals surface area contributed by atoms with Gasteiger partial charge in [0.05, 0.1) is 35.5 Å². The summed E-state index contributed by atoms with van der Waals surface area (Å²) in [5, 5.41) is 9.08. The van der Waals surface area contributed by atoms with Crippen molar-refractivity contribution in [3.8, 4) is 0 Å². The number of hydrogen-bond acceptors (Lipinski definition) is 6. The van der Waals surface area contributed by atoms with Crippen molar-refractivity contribution in [3.05, 3.63) is 57.2 Å². The number of nitrogens with zero attached hydrogens (tertiary/aromatic N) is 2. The molecule has 2 N–H and O–H groups in total. The molecule has 0 saturated heterocycles. The van der Waals surface area contributed by atoms with Crippen LogP contribution in [0.1, 0.15) is 16.1 Å². The first-order valence-corrected chi connectivity index (χ1v) is 10.8. The number of thiophene rings is 1.